The van der Waals surface area contributed by atoms with Crippen LogP contribution < -0.4 is 4.74 Å². The molecule has 0 unspecified atom stereocenters. The van der Waals surface area contributed by atoms with Crippen LogP contribution in [-0.2, 0) is 11.2 Å². The minimum Gasteiger partial charge on any atom is -0.487 e. The summed E-state index contributed by atoms with van der Waals surface area (Å²) in [5.74, 6) is 7.00. The Labute approximate surface area is 174 Å². The predicted molar refractivity (Wildman–Crippen MR) is 117 cm³/mol. The zero-order valence-electron chi connectivity index (χ0n) is 17.5. The van der Waals surface area contributed by atoms with Crippen LogP contribution in [0.1, 0.15) is 69.1 Å². The van der Waals surface area contributed by atoms with Crippen LogP contribution in [0.5, 0.6) is 5.75 Å². The van der Waals surface area contributed by atoms with Crippen molar-refractivity contribution < 1.29 is 13.9 Å². The molecule has 0 saturated heterocycles. The molecule has 0 aromatic heterocycles. The van der Waals surface area contributed by atoms with Crippen molar-refractivity contribution in [2.75, 3.05) is 0 Å². The van der Waals surface area contributed by atoms with Crippen LogP contribution in [0, 0.1) is 23.6 Å². The first-order valence-corrected chi connectivity index (χ1v) is 10.5. The largest absolute Gasteiger partial charge is 0.487 e. The fourth-order valence-corrected chi connectivity index (χ4v) is 3.77. The molecule has 2 aromatic carbocycles. The Kier molecular flexibility index (Phi) is 9.44. The first kappa shape index (κ1) is 22.7. The van der Waals surface area contributed by atoms with Gasteiger partial charge in [0.15, 0.2) is 11.6 Å². The van der Waals surface area contributed by atoms with Gasteiger partial charge in [0.05, 0.1) is 6.10 Å². The van der Waals surface area contributed by atoms with E-state index in [1.54, 1.807) is 6.07 Å². The third-order valence-electron chi connectivity index (χ3n) is 5.43. The average molecular weight is 395 g/mol. The monoisotopic (exact) mass is 394 g/mol. The second kappa shape index (κ2) is 12.1. The lowest BCUT2D eigenvalue weighted by Gasteiger charge is -2.28. The lowest BCUT2D eigenvalue weighted by atomic mass is 9.85. The number of carbonyl (C=O) groups excluding carboxylic acids is 1. The van der Waals surface area contributed by atoms with Crippen LogP contribution in [0.15, 0.2) is 42.5 Å². The summed E-state index contributed by atoms with van der Waals surface area (Å²) in [5.41, 5.74) is 2.90. The molecule has 154 valence electrons. The molecule has 0 amide bonds. The van der Waals surface area contributed by atoms with Gasteiger partial charge < -0.3 is 9.53 Å². The summed E-state index contributed by atoms with van der Waals surface area (Å²) in [5, 5.41) is 0. The van der Waals surface area contributed by atoms with E-state index < -0.39 is 0 Å². The number of carbonyl (C=O) groups is 1. The van der Waals surface area contributed by atoms with E-state index in [0.717, 1.165) is 30.7 Å². The number of hydrogen-bond acceptors (Lipinski definition) is 2. The predicted octanol–water partition coefficient (Wildman–Crippen LogP) is 6.34. The molecular weight excluding hydrogens is 363 g/mol. The van der Waals surface area contributed by atoms with Gasteiger partial charge in [0.25, 0.3) is 0 Å². The summed E-state index contributed by atoms with van der Waals surface area (Å²) < 4.78 is 20.4. The summed E-state index contributed by atoms with van der Waals surface area (Å²) in [6.45, 7) is 6.37. The summed E-state index contributed by atoms with van der Waals surface area (Å²) in [6.07, 6.45) is 8.15. The molecule has 0 bridgehead atoms. The fraction of sp³-hybridized carbons (Fsp3) is 0.423. The maximum absolute atomic E-state index is 14.4. The highest BCUT2D eigenvalue weighted by Gasteiger charge is 2.22. The Hall–Kier alpha value is -2.60. The smallest absolute Gasteiger partial charge is 0.166 e. The summed E-state index contributed by atoms with van der Waals surface area (Å²) >= 11 is 0. The SMILES string of the molecule is C=O.CCCC1CCC(Oc2ccc(C#Cc3ccc(CC)cc3)cc2F)CC1. The third kappa shape index (κ3) is 7.06. The highest BCUT2D eigenvalue weighted by molar-refractivity contribution is 5.45. The van der Waals surface area contributed by atoms with Crippen LogP contribution in [0.25, 0.3) is 0 Å². The van der Waals surface area contributed by atoms with E-state index in [0.29, 0.717) is 11.3 Å². The van der Waals surface area contributed by atoms with Crippen molar-refractivity contribution in [3.8, 4) is 17.6 Å². The van der Waals surface area contributed by atoms with Gasteiger partial charge in [-0.15, -0.1) is 0 Å². The maximum atomic E-state index is 14.4. The van der Waals surface area contributed by atoms with Gasteiger partial charge in [0, 0.05) is 11.1 Å². The molecule has 1 fully saturated rings. The average Bonchev–Trinajstić information content (AvgIpc) is 2.77. The Morgan fingerprint density at radius 3 is 2.17 bits per heavy atom. The van der Waals surface area contributed by atoms with Gasteiger partial charge in [0.1, 0.15) is 6.79 Å². The van der Waals surface area contributed by atoms with Gasteiger partial charge in [-0.05, 0) is 73.9 Å². The number of halogens is 1. The lowest BCUT2D eigenvalue weighted by Crippen LogP contribution is -2.24. The quantitative estimate of drug-likeness (QED) is 0.553. The van der Waals surface area contributed by atoms with Crippen molar-refractivity contribution in [1.82, 2.24) is 0 Å². The van der Waals surface area contributed by atoms with Gasteiger partial charge in [-0.25, -0.2) is 4.39 Å². The highest BCUT2D eigenvalue weighted by Crippen LogP contribution is 2.31. The minimum atomic E-state index is -0.321. The first-order chi connectivity index (χ1) is 14.2. The number of ether oxygens (including phenoxy) is 1. The van der Waals surface area contributed by atoms with Crippen LogP contribution in [0.4, 0.5) is 4.39 Å². The van der Waals surface area contributed by atoms with Crippen LogP contribution in [0.2, 0.25) is 0 Å². The molecule has 0 heterocycles. The second-order valence-electron chi connectivity index (χ2n) is 7.49. The molecule has 3 rings (SSSR count). The van der Waals surface area contributed by atoms with Crippen molar-refractivity contribution in [3.63, 3.8) is 0 Å². The molecule has 2 aromatic rings. The van der Waals surface area contributed by atoms with Crippen LogP contribution in [-0.4, -0.2) is 12.9 Å². The van der Waals surface area contributed by atoms with Crippen molar-refractivity contribution in [2.45, 2.75) is 64.9 Å². The van der Waals surface area contributed by atoms with Crippen molar-refractivity contribution >= 4 is 6.79 Å². The maximum Gasteiger partial charge on any atom is 0.166 e. The summed E-state index contributed by atoms with van der Waals surface area (Å²) in [4.78, 5) is 8.00. The number of rotatable bonds is 5. The Morgan fingerprint density at radius 2 is 1.59 bits per heavy atom. The van der Waals surface area contributed by atoms with Gasteiger partial charge in [-0.3, -0.25) is 0 Å². The lowest BCUT2D eigenvalue weighted by molar-refractivity contribution is -0.0979. The molecule has 0 aliphatic heterocycles. The molecule has 1 aliphatic rings. The van der Waals surface area contributed by atoms with E-state index in [2.05, 4.69) is 37.8 Å². The Balaban J connectivity index is 0.00000145. The minimum absolute atomic E-state index is 0.140. The van der Waals surface area contributed by atoms with E-state index in [1.807, 2.05) is 25.0 Å². The topological polar surface area (TPSA) is 26.3 Å². The Bertz CT molecular complexity index is 809. The number of hydrogen-bond donors (Lipinski definition) is 0. The first-order valence-electron chi connectivity index (χ1n) is 10.5. The molecule has 0 spiro atoms. The molecule has 1 saturated carbocycles. The molecule has 29 heavy (non-hydrogen) atoms. The standard InChI is InChI=1S/C25H29FO.CH2O/c1-3-5-20-12-15-23(16-13-20)27-25-17-14-22(18-24(25)26)11-10-21-8-6-19(4-2)7-9-21;1-2/h6-9,14,17-18,20,23H,3-5,12-13,15-16H2,1-2H3;1H2. The zero-order chi connectivity index (χ0) is 21.1. The second-order valence-corrected chi connectivity index (χ2v) is 7.49. The van der Waals surface area contributed by atoms with Crippen molar-refractivity contribution in [1.29, 1.82) is 0 Å². The molecule has 0 N–H and O–H groups in total. The van der Waals surface area contributed by atoms with Crippen molar-refractivity contribution in [3.05, 3.63) is 65.0 Å². The molecule has 0 radical (unpaired) electrons. The highest BCUT2D eigenvalue weighted by atomic mass is 19.1. The van der Waals surface area contributed by atoms with Gasteiger partial charge in [-0.2, -0.15) is 0 Å². The molecule has 0 atom stereocenters. The zero-order valence-corrected chi connectivity index (χ0v) is 17.5. The molecule has 3 heteroatoms. The van der Waals surface area contributed by atoms with Crippen molar-refractivity contribution in [2.24, 2.45) is 5.92 Å². The van der Waals surface area contributed by atoms with Gasteiger partial charge in [0.2, 0.25) is 0 Å². The van der Waals surface area contributed by atoms with Crippen LogP contribution in [0.3, 0.4) is 0 Å². The third-order valence-corrected chi connectivity index (χ3v) is 5.43. The number of aryl methyl sites for hydroxylation is 1. The van der Waals surface area contributed by atoms with E-state index >= 15 is 0 Å². The molecule has 2 nitrogen and oxygen atoms in total. The van der Waals surface area contributed by atoms with Gasteiger partial charge in [-0.1, -0.05) is 50.7 Å². The van der Waals surface area contributed by atoms with E-state index in [4.69, 9.17) is 9.53 Å². The fourth-order valence-electron chi connectivity index (χ4n) is 3.77. The number of benzene rings is 2. The summed E-state index contributed by atoms with van der Waals surface area (Å²) in [6, 6.07) is 13.2. The van der Waals surface area contributed by atoms with E-state index in [-0.39, 0.29) is 11.9 Å². The Morgan fingerprint density at radius 1 is 0.966 bits per heavy atom. The normalized spacial score (nSPS) is 18.0. The molecule has 1 aliphatic carbocycles. The van der Waals surface area contributed by atoms with Crippen LogP contribution >= 0.6 is 0 Å². The van der Waals surface area contributed by atoms with E-state index in [9.17, 15) is 4.39 Å². The van der Waals surface area contributed by atoms with Gasteiger partial charge >= 0.3 is 0 Å². The van der Waals surface area contributed by atoms with E-state index in [1.165, 1.54) is 37.3 Å². The summed E-state index contributed by atoms with van der Waals surface area (Å²) in [7, 11) is 0. The molecular formula is C26H31FO2.